The average molecular weight is 250 g/mol. The van der Waals surface area contributed by atoms with Crippen molar-refractivity contribution in [3.63, 3.8) is 0 Å². The molecule has 0 saturated heterocycles. The van der Waals surface area contributed by atoms with Gasteiger partial charge in [-0.25, -0.2) is 4.98 Å². The van der Waals surface area contributed by atoms with Gasteiger partial charge in [-0.15, -0.1) is 0 Å². The van der Waals surface area contributed by atoms with E-state index in [-0.39, 0.29) is 0 Å². The highest BCUT2D eigenvalue weighted by molar-refractivity contribution is 5.80. The highest BCUT2D eigenvalue weighted by Gasteiger charge is 2.22. The first-order chi connectivity index (χ1) is 8.61. The number of rotatable bonds is 4. The molecule has 1 aromatic heterocycles. The topological polar surface area (TPSA) is 57.5 Å². The Labute approximate surface area is 108 Å². The van der Waals surface area contributed by atoms with Gasteiger partial charge in [-0.2, -0.15) is 0 Å². The van der Waals surface area contributed by atoms with E-state index in [1.807, 2.05) is 32.2 Å². The molecule has 1 saturated carbocycles. The van der Waals surface area contributed by atoms with Gasteiger partial charge in [0.25, 0.3) is 0 Å². The van der Waals surface area contributed by atoms with E-state index in [9.17, 15) is 0 Å². The third-order valence-corrected chi connectivity index (χ3v) is 3.04. The van der Waals surface area contributed by atoms with Gasteiger partial charge in [0.05, 0.1) is 18.4 Å². The molecule has 0 bridgehead atoms. The number of aliphatic imine (C=N–C) groups is 1. The third kappa shape index (κ3) is 2.94. The van der Waals surface area contributed by atoms with E-state index in [0.717, 1.165) is 24.1 Å². The molecule has 0 amide bonds. The van der Waals surface area contributed by atoms with Crippen LogP contribution in [0, 0.1) is 0 Å². The van der Waals surface area contributed by atoms with Crippen molar-refractivity contribution in [1.82, 2.24) is 20.2 Å². The molecule has 100 valence electrons. The van der Waals surface area contributed by atoms with Gasteiger partial charge in [-0.05, 0) is 12.8 Å². The minimum Gasteiger partial charge on any atom is -0.354 e. The average Bonchev–Trinajstić information content (AvgIpc) is 3.07. The minimum atomic E-state index is 0.611. The Morgan fingerprint density at radius 2 is 2.28 bits per heavy atom. The fourth-order valence-electron chi connectivity index (χ4n) is 1.80. The van der Waals surface area contributed by atoms with E-state index < -0.39 is 0 Å². The summed E-state index contributed by atoms with van der Waals surface area (Å²) < 4.78 is 2.08. The first kappa shape index (κ1) is 12.7. The van der Waals surface area contributed by atoms with E-state index in [4.69, 9.17) is 0 Å². The number of aromatic nitrogens is 2. The monoisotopic (exact) mass is 250 g/mol. The second kappa shape index (κ2) is 5.29. The standard InChI is InChI=1S/C12H22N6/c1-13-11(16-9-5-6-9)14-7-10-8-15-12(17(2)3)18(10)4/h8-9H,5-7H2,1-4H3,(H2,13,14,16). The molecule has 0 spiro atoms. The number of nitrogens with one attached hydrogen (secondary N) is 2. The van der Waals surface area contributed by atoms with Crippen molar-refractivity contribution in [2.24, 2.45) is 12.0 Å². The molecule has 0 unspecified atom stereocenters. The highest BCUT2D eigenvalue weighted by atomic mass is 15.3. The van der Waals surface area contributed by atoms with Gasteiger partial charge in [-0.1, -0.05) is 0 Å². The molecule has 0 aromatic carbocycles. The summed E-state index contributed by atoms with van der Waals surface area (Å²) in [6, 6.07) is 0.611. The lowest BCUT2D eigenvalue weighted by atomic mass is 10.4. The maximum atomic E-state index is 4.38. The van der Waals surface area contributed by atoms with Crippen LogP contribution in [0.1, 0.15) is 18.5 Å². The van der Waals surface area contributed by atoms with Crippen LogP contribution in [0.25, 0.3) is 0 Å². The zero-order chi connectivity index (χ0) is 13.1. The highest BCUT2D eigenvalue weighted by Crippen LogP contribution is 2.18. The Balaban J connectivity index is 1.92. The predicted octanol–water partition coefficient (Wildman–Crippen LogP) is 0.314. The predicted molar refractivity (Wildman–Crippen MR) is 73.9 cm³/mol. The molecule has 0 radical (unpaired) electrons. The summed E-state index contributed by atoms with van der Waals surface area (Å²) in [5.74, 6) is 1.82. The van der Waals surface area contributed by atoms with Crippen molar-refractivity contribution in [3.8, 4) is 0 Å². The van der Waals surface area contributed by atoms with Gasteiger partial charge in [0.15, 0.2) is 5.96 Å². The zero-order valence-corrected chi connectivity index (χ0v) is 11.6. The lowest BCUT2D eigenvalue weighted by Crippen LogP contribution is -2.38. The fourth-order valence-corrected chi connectivity index (χ4v) is 1.80. The van der Waals surface area contributed by atoms with Gasteiger partial charge in [0.1, 0.15) is 0 Å². The van der Waals surface area contributed by atoms with Crippen molar-refractivity contribution >= 4 is 11.9 Å². The SMILES string of the molecule is CN=C(NCc1cnc(N(C)C)n1C)NC1CC1. The summed E-state index contributed by atoms with van der Waals surface area (Å²) in [6.45, 7) is 0.726. The van der Waals surface area contributed by atoms with Gasteiger partial charge >= 0.3 is 0 Å². The van der Waals surface area contributed by atoms with Crippen LogP contribution in [0.3, 0.4) is 0 Å². The van der Waals surface area contributed by atoms with Crippen LogP contribution in [-0.2, 0) is 13.6 Å². The molecule has 2 N–H and O–H groups in total. The number of hydrogen-bond acceptors (Lipinski definition) is 3. The van der Waals surface area contributed by atoms with Crippen molar-refractivity contribution in [2.75, 3.05) is 26.0 Å². The molecule has 1 heterocycles. The van der Waals surface area contributed by atoms with E-state index in [1.165, 1.54) is 12.8 Å². The molecule has 6 heteroatoms. The van der Waals surface area contributed by atoms with Crippen LogP contribution < -0.4 is 15.5 Å². The van der Waals surface area contributed by atoms with E-state index in [2.05, 4.69) is 25.2 Å². The number of hydrogen-bond donors (Lipinski definition) is 2. The number of anilines is 1. The summed E-state index contributed by atoms with van der Waals surface area (Å²) in [4.78, 5) is 10.6. The number of guanidine groups is 1. The maximum absolute atomic E-state index is 4.38. The normalized spacial score (nSPS) is 15.7. The van der Waals surface area contributed by atoms with Gasteiger partial charge in [0, 0.05) is 34.2 Å². The molecular formula is C12H22N6. The Morgan fingerprint density at radius 3 is 2.78 bits per heavy atom. The van der Waals surface area contributed by atoms with Gasteiger partial charge in [0.2, 0.25) is 5.95 Å². The Bertz CT molecular complexity index is 430. The quantitative estimate of drug-likeness (QED) is 0.596. The Hall–Kier alpha value is -1.72. The van der Waals surface area contributed by atoms with Gasteiger partial charge < -0.3 is 20.1 Å². The van der Waals surface area contributed by atoms with Crippen LogP contribution in [0.4, 0.5) is 5.95 Å². The van der Waals surface area contributed by atoms with Crippen LogP contribution in [0.2, 0.25) is 0 Å². The molecule has 0 atom stereocenters. The van der Waals surface area contributed by atoms with Crippen molar-refractivity contribution in [3.05, 3.63) is 11.9 Å². The lowest BCUT2D eigenvalue weighted by molar-refractivity contribution is 0.742. The van der Waals surface area contributed by atoms with E-state index >= 15 is 0 Å². The zero-order valence-electron chi connectivity index (χ0n) is 11.6. The molecule has 0 aliphatic heterocycles. The largest absolute Gasteiger partial charge is 0.354 e. The summed E-state index contributed by atoms with van der Waals surface area (Å²) in [5.41, 5.74) is 1.14. The van der Waals surface area contributed by atoms with E-state index in [1.54, 1.807) is 7.05 Å². The molecule has 1 aliphatic rings. The fraction of sp³-hybridized carbons (Fsp3) is 0.667. The molecule has 1 aromatic rings. The Kier molecular flexibility index (Phi) is 3.74. The second-order valence-electron chi connectivity index (χ2n) is 4.85. The smallest absolute Gasteiger partial charge is 0.204 e. The number of nitrogens with zero attached hydrogens (tertiary/aromatic N) is 4. The van der Waals surface area contributed by atoms with Crippen molar-refractivity contribution < 1.29 is 0 Å². The first-order valence-electron chi connectivity index (χ1n) is 6.27. The summed E-state index contributed by atoms with van der Waals surface area (Å²) in [7, 11) is 7.81. The van der Waals surface area contributed by atoms with Crippen molar-refractivity contribution in [2.45, 2.75) is 25.4 Å². The molecular weight excluding hydrogens is 228 g/mol. The molecule has 1 aliphatic carbocycles. The van der Waals surface area contributed by atoms with Crippen LogP contribution in [-0.4, -0.2) is 42.7 Å². The summed E-state index contributed by atoms with van der Waals surface area (Å²) >= 11 is 0. The van der Waals surface area contributed by atoms with E-state index in [0.29, 0.717) is 6.04 Å². The van der Waals surface area contributed by atoms with Crippen molar-refractivity contribution in [1.29, 1.82) is 0 Å². The Morgan fingerprint density at radius 1 is 1.56 bits per heavy atom. The van der Waals surface area contributed by atoms with Crippen LogP contribution in [0.15, 0.2) is 11.2 Å². The van der Waals surface area contributed by atoms with Crippen LogP contribution >= 0.6 is 0 Å². The first-order valence-corrected chi connectivity index (χ1v) is 6.27. The molecule has 2 rings (SSSR count). The number of imidazole rings is 1. The molecule has 6 nitrogen and oxygen atoms in total. The molecule has 18 heavy (non-hydrogen) atoms. The van der Waals surface area contributed by atoms with Gasteiger partial charge in [-0.3, -0.25) is 4.99 Å². The second-order valence-corrected chi connectivity index (χ2v) is 4.85. The maximum Gasteiger partial charge on any atom is 0.204 e. The van der Waals surface area contributed by atoms with Crippen LogP contribution in [0.5, 0.6) is 0 Å². The summed E-state index contributed by atoms with van der Waals surface area (Å²) in [6.07, 6.45) is 4.39. The summed E-state index contributed by atoms with van der Waals surface area (Å²) in [5, 5.41) is 6.67. The lowest BCUT2D eigenvalue weighted by Gasteiger charge is -2.14. The minimum absolute atomic E-state index is 0.611. The molecule has 1 fully saturated rings. The third-order valence-electron chi connectivity index (χ3n) is 3.04.